The number of nitrogens with zero attached hydrogens (tertiary/aromatic N) is 4. The first-order valence-corrected chi connectivity index (χ1v) is 6.98. The lowest BCUT2D eigenvalue weighted by Crippen LogP contribution is -1.95. The summed E-state index contributed by atoms with van der Waals surface area (Å²) in [7, 11) is 0. The normalized spacial score (nSPS) is 10.1. The SMILES string of the molecule is N#Cc1cnccc1Nc1cnn(-c2ccccc2Br)c1. The van der Waals surface area contributed by atoms with Crippen LogP contribution in [-0.2, 0) is 0 Å². The molecule has 2 aromatic heterocycles. The number of hydrogen-bond acceptors (Lipinski definition) is 4. The standard InChI is InChI=1S/C15H10BrN5/c16-13-3-1-2-4-15(13)21-10-12(9-19-21)20-14-5-6-18-8-11(14)7-17/h1-6,8-10H,(H,18,20). The highest BCUT2D eigenvalue weighted by Crippen LogP contribution is 2.23. The monoisotopic (exact) mass is 339 g/mol. The van der Waals surface area contributed by atoms with Crippen LogP contribution in [0.2, 0.25) is 0 Å². The highest BCUT2D eigenvalue weighted by molar-refractivity contribution is 9.10. The third kappa shape index (κ3) is 2.78. The number of benzene rings is 1. The maximum absolute atomic E-state index is 9.06. The van der Waals surface area contributed by atoms with E-state index in [0.717, 1.165) is 15.8 Å². The van der Waals surface area contributed by atoms with Gasteiger partial charge in [0.05, 0.1) is 35.0 Å². The molecule has 21 heavy (non-hydrogen) atoms. The zero-order valence-electron chi connectivity index (χ0n) is 10.9. The van der Waals surface area contributed by atoms with Gasteiger partial charge in [0.15, 0.2) is 0 Å². The molecule has 0 spiro atoms. The van der Waals surface area contributed by atoms with Gasteiger partial charge in [0, 0.05) is 16.9 Å². The minimum Gasteiger partial charge on any atom is -0.352 e. The molecule has 0 saturated carbocycles. The van der Waals surface area contributed by atoms with E-state index in [1.807, 2.05) is 30.5 Å². The van der Waals surface area contributed by atoms with Crippen molar-refractivity contribution in [2.24, 2.45) is 0 Å². The third-order valence-corrected chi connectivity index (χ3v) is 3.57. The van der Waals surface area contributed by atoms with Crippen molar-refractivity contribution in [2.45, 2.75) is 0 Å². The first kappa shape index (κ1) is 13.3. The fourth-order valence-corrected chi connectivity index (χ4v) is 2.37. The number of halogens is 1. The van der Waals surface area contributed by atoms with E-state index in [1.54, 1.807) is 23.1 Å². The molecule has 1 N–H and O–H groups in total. The predicted octanol–water partition coefficient (Wildman–Crippen LogP) is 3.65. The topological polar surface area (TPSA) is 66.5 Å². The molecule has 1 aromatic carbocycles. The Morgan fingerprint density at radius 3 is 2.86 bits per heavy atom. The number of para-hydroxylation sites is 1. The Kier molecular flexibility index (Phi) is 3.67. The summed E-state index contributed by atoms with van der Waals surface area (Å²) in [6.07, 6.45) is 6.74. The van der Waals surface area contributed by atoms with Gasteiger partial charge in [-0.25, -0.2) is 4.68 Å². The van der Waals surface area contributed by atoms with Crippen LogP contribution in [0, 0.1) is 11.3 Å². The highest BCUT2D eigenvalue weighted by Gasteiger charge is 2.06. The van der Waals surface area contributed by atoms with E-state index < -0.39 is 0 Å². The smallest absolute Gasteiger partial charge is 0.103 e. The van der Waals surface area contributed by atoms with Crippen LogP contribution >= 0.6 is 15.9 Å². The quantitative estimate of drug-likeness (QED) is 0.790. The summed E-state index contributed by atoms with van der Waals surface area (Å²) < 4.78 is 2.72. The second kappa shape index (κ2) is 5.77. The van der Waals surface area contributed by atoms with Crippen LogP contribution in [-0.4, -0.2) is 14.8 Å². The summed E-state index contributed by atoms with van der Waals surface area (Å²) in [6.45, 7) is 0. The molecule has 3 aromatic rings. The Morgan fingerprint density at radius 2 is 2.05 bits per heavy atom. The van der Waals surface area contributed by atoms with Crippen LogP contribution in [0.1, 0.15) is 5.56 Å². The van der Waals surface area contributed by atoms with E-state index in [4.69, 9.17) is 5.26 Å². The van der Waals surface area contributed by atoms with Crippen LogP contribution < -0.4 is 5.32 Å². The largest absolute Gasteiger partial charge is 0.352 e. The fourth-order valence-electron chi connectivity index (χ4n) is 1.90. The van der Waals surface area contributed by atoms with Crippen molar-refractivity contribution >= 4 is 27.3 Å². The number of hydrogen-bond donors (Lipinski definition) is 1. The second-order valence-electron chi connectivity index (χ2n) is 4.28. The zero-order chi connectivity index (χ0) is 14.7. The van der Waals surface area contributed by atoms with Crippen LogP contribution in [0.3, 0.4) is 0 Å². The lowest BCUT2D eigenvalue weighted by Gasteiger charge is -2.05. The number of nitrogens with one attached hydrogen (secondary N) is 1. The molecule has 5 nitrogen and oxygen atoms in total. The molecule has 0 radical (unpaired) electrons. The molecule has 6 heteroatoms. The van der Waals surface area contributed by atoms with E-state index in [-0.39, 0.29) is 0 Å². The average molecular weight is 340 g/mol. The van der Waals surface area contributed by atoms with Crippen molar-refractivity contribution < 1.29 is 0 Å². The molecule has 3 rings (SSSR count). The Morgan fingerprint density at radius 1 is 1.19 bits per heavy atom. The maximum atomic E-state index is 9.06. The van der Waals surface area contributed by atoms with Gasteiger partial charge in [0.1, 0.15) is 6.07 Å². The summed E-state index contributed by atoms with van der Waals surface area (Å²) in [5.41, 5.74) is 2.94. The summed E-state index contributed by atoms with van der Waals surface area (Å²) >= 11 is 3.50. The van der Waals surface area contributed by atoms with Crippen molar-refractivity contribution in [3.8, 4) is 11.8 Å². The molecule has 0 aliphatic rings. The Balaban J connectivity index is 1.90. The molecular formula is C15H10BrN5. The molecule has 0 fully saturated rings. The van der Waals surface area contributed by atoms with Gasteiger partial charge in [-0.3, -0.25) is 4.98 Å². The van der Waals surface area contributed by atoms with Gasteiger partial charge in [0.25, 0.3) is 0 Å². The van der Waals surface area contributed by atoms with Gasteiger partial charge in [-0.1, -0.05) is 12.1 Å². The molecule has 0 aliphatic heterocycles. The Bertz CT molecular complexity index is 819. The molecule has 0 amide bonds. The second-order valence-corrected chi connectivity index (χ2v) is 5.14. The predicted molar refractivity (Wildman–Crippen MR) is 83.5 cm³/mol. The summed E-state index contributed by atoms with van der Waals surface area (Å²) in [4.78, 5) is 3.93. The summed E-state index contributed by atoms with van der Waals surface area (Å²) in [5, 5.41) is 16.6. The van der Waals surface area contributed by atoms with Crippen LogP contribution in [0.5, 0.6) is 0 Å². The van der Waals surface area contributed by atoms with Crippen molar-refractivity contribution in [1.82, 2.24) is 14.8 Å². The fraction of sp³-hybridized carbons (Fsp3) is 0. The molecule has 0 bridgehead atoms. The van der Waals surface area contributed by atoms with Gasteiger partial charge < -0.3 is 5.32 Å². The van der Waals surface area contributed by atoms with Gasteiger partial charge in [-0.05, 0) is 34.1 Å². The number of rotatable bonds is 3. The minimum absolute atomic E-state index is 0.492. The lowest BCUT2D eigenvalue weighted by molar-refractivity contribution is 0.876. The first-order chi connectivity index (χ1) is 10.3. The summed E-state index contributed by atoms with van der Waals surface area (Å²) in [6, 6.07) is 11.7. The summed E-state index contributed by atoms with van der Waals surface area (Å²) in [5.74, 6) is 0. The number of pyridine rings is 1. The first-order valence-electron chi connectivity index (χ1n) is 6.18. The van der Waals surface area contributed by atoms with E-state index >= 15 is 0 Å². The number of anilines is 2. The van der Waals surface area contributed by atoms with E-state index in [2.05, 4.69) is 37.4 Å². The maximum Gasteiger partial charge on any atom is 0.103 e. The molecule has 0 unspecified atom stereocenters. The van der Waals surface area contributed by atoms with Crippen molar-refractivity contribution in [2.75, 3.05) is 5.32 Å². The third-order valence-electron chi connectivity index (χ3n) is 2.90. The lowest BCUT2D eigenvalue weighted by atomic mass is 10.2. The van der Waals surface area contributed by atoms with E-state index in [0.29, 0.717) is 11.3 Å². The highest BCUT2D eigenvalue weighted by atomic mass is 79.9. The van der Waals surface area contributed by atoms with Gasteiger partial charge >= 0.3 is 0 Å². The Hall–Kier alpha value is -2.65. The van der Waals surface area contributed by atoms with Crippen molar-refractivity contribution in [3.05, 3.63) is 65.2 Å². The van der Waals surface area contributed by atoms with Crippen molar-refractivity contribution in [1.29, 1.82) is 5.26 Å². The minimum atomic E-state index is 0.492. The van der Waals surface area contributed by atoms with Crippen LogP contribution in [0.15, 0.2) is 59.6 Å². The molecule has 0 saturated heterocycles. The molecule has 0 atom stereocenters. The van der Waals surface area contributed by atoms with Gasteiger partial charge in [0.2, 0.25) is 0 Å². The Labute approximate surface area is 130 Å². The molecule has 0 aliphatic carbocycles. The number of aromatic nitrogens is 3. The molecule has 2 heterocycles. The molecule has 102 valence electrons. The van der Waals surface area contributed by atoms with Crippen molar-refractivity contribution in [3.63, 3.8) is 0 Å². The van der Waals surface area contributed by atoms with Gasteiger partial charge in [-0.15, -0.1) is 0 Å². The van der Waals surface area contributed by atoms with E-state index in [1.165, 1.54) is 6.20 Å². The van der Waals surface area contributed by atoms with Gasteiger partial charge in [-0.2, -0.15) is 10.4 Å². The van der Waals surface area contributed by atoms with Crippen LogP contribution in [0.25, 0.3) is 5.69 Å². The zero-order valence-corrected chi connectivity index (χ0v) is 12.4. The molecular weight excluding hydrogens is 330 g/mol. The average Bonchev–Trinajstić information content (AvgIpc) is 2.96. The number of nitriles is 1. The van der Waals surface area contributed by atoms with E-state index in [9.17, 15) is 0 Å². The van der Waals surface area contributed by atoms with Crippen LogP contribution in [0.4, 0.5) is 11.4 Å².